The van der Waals surface area contributed by atoms with Crippen LogP contribution in [0.3, 0.4) is 0 Å². The van der Waals surface area contributed by atoms with Crippen LogP contribution in [-0.4, -0.2) is 30.6 Å². The molecule has 3 rings (SSSR count). The average Bonchev–Trinajstić information content (AvgIpc) is 2.89. The number of nitrogens with zero attached hydrogens (tertiary/aromatic N) is 1. The number of amides is 2. The first-order valence-corrected chi connectivity index (χ1v) is 11.3. The molecule has 0 fully saturated rings. The average molecular weight is 474 g/mol. The topological polar surface area (TPSA) is 106 Å². The zero-order valence-corrected chi connectivity index (χ0v) is 19.6. The Hall–Kier alpha value is -4.46. The molecule has 0 aliphatic rings. The Kier molecular flexibility index (Phi) is 9.13. The third-order valence-electron chi connectivity index (χ3n) is 4.86. The van der Waals surface area contributed by atoms with Gasteiger partial charge in [0.2, 0.25) is 0 Å². The predicted octanol–water partition coefficient (Wildman–Crippen LogP) is 4.35. The Bertz CT molecular complexity index is 1170. The van der Waals surface area contributed by atoms with E-state index in [1.807, 2.05) is 26.0 Å². The minimum Gasteiger partial charge on any atom is -0.494 e. The molecule has 8 heteroatoms. The molecule has 8 nitrogen and oxygen atoms in total. The van der Waals surface area contributed by atoms with Crippen LogP contribution < -0.4 is 20.2 Å². The molecule has 0 aromatic heterocycles. The van der Waals surface area contributed by atoms with E-state index < -0.39 is 17.8 Å². The fraction of sp³-hybridized carbons (Fsp3) is 0.185. The van der Waals surface area contributed by atoms with Crippen molar-refractivity contribution in [1.82, 2.24) is 5.43 Å². The first-order valence-electron chi connectivity index (χ1n) is 11.3. The van der Waals surface area contributed by atoms with E-state index >= 15 is 0 Å². The monoisotopic (exact) mass is 473 g/mol. The summed E-state index contributed by atoms with van der Waals surface area (Å²) in [5.74, 6) is -1.15. The number of esters is 1. The number of aryl methyl sites for hydroxylation is 1. The van der Waals surface area contributed by atoms with Crippen molar-refractivity contribution in [3.05, 3.63) is 89.5 Å². The molecule has 0 aliphatic carbocycles. The molecule has 0 radical (unpaired) electrons. The fourth-order valence-electron chi connectivity index (χ4n) is 2.92. The number of anilines is 1. The Morgan fingerprint density at radius 3 is 2.11 bits per heavy atom. The van der Waals surface area contributed by atoms with Crippen molar-refractivity contribution in [3.8, 4) is 11.5 Å². The maximum Gasteiger partial charge on any atom is 0.343 e. The number of benzene rings is 3. The molecule has 0 saturated heterocycles. The number of ether oxygens (including phenoxy) is 2. The number of carbonyl (C=O) groups excluding carboxylic acids is 3. The smallest absolute Gasteiger partial charge is 0.343 e. The molecular formula is C27H27N3O5. The molecule has 0 spiro atoms. The number of nitrogens with one attached hydrogen (secondary N) is 2. The first kappa shape index (κ1) is 25.2. The van der Waals surface area contributed by atoms with Crippen LogP contribution in [0, 0.1) is 0 Å². The van der Waals surface area contributed by atoms with Crippen LogP contribution in [0.5, 0.6) is 11.5 Å². The summed E-state index contributed by atoms with van der Waals surface area (Å²) >= 11 is 0. The molecule has 3 aromatic rings. The van der Waals surface area contributed by atoms with Crippen molar-refractivity contribution in [2.45, 2.75) is 26.7 Å². The van der Waals surface area contributed by atoms with Gasteiger partial charge in [0.1, 0.15) is 11.5 Å². The Labute approximate surface area is 204 Å². The van der Waals surface area contributed by atoms with E-state index in [0.717, 1.165) is 18.4 Å². The summed E-state index contributed by atoms with van der Waals surface area (Å²) in [5.41, 5.74) is 4.88. The highest BCUT2D eigenvalue weighted by molar-refractivity contribution is 6.39. The van der Waals surface area contributed by atoms with E-state index in [1.165, 1.54) is 6.21 Å². The van der Waals surface area contributed by atoms with Crippen LogP contribution in [0.4, 0.5) is 5.69 Å². The van der Waals surface area contributed by atoms with Gasteiger partial charge in [-0.3, -0.25) is 9.59 Å². The van der Waals surface area contributed by atoms with Crippen molar-refractivity contribution >= 4 is 29.7 Å². The van der Waals surface area contributed by atoms with Crippen molar-refractivity contribution < 1.29 is 23.9 Å². The minimum absolute atomic E-state index is 0.357. The van der Waals surface area contributed by atoms with E-state index in [-0.39, 0.29) is 0 Å². The van der Waals surface area contributed by atoms with Gasteiger partial charge in [-0.15, -0.1) is 0 Å². The zero-order chi connectivity index (χ0) is 25.0. The summed E-state index contributed by atoms with van der Waals surface area (Å²) < 4.78 is 10.9. The molecule has 3 aromatic carbocycles. The van der Waals surface area contributed by atoms with Crippen LogP contribution in [0.1, 0.15) is 41.8 Å². The maximum atomic E-state index is 12.3. The predicted molar refractivity (Wildman–Crippen MR) is 134 cm³/mol. The highest BCUT2D eigenvalue weighted by Gasteiger charge is 2.13. The molecule has 0 aliphatic heterocycles. The Balaban J connectivity index is 1.47. The summed E-state index contributed by atoms with van der Waals surface area (Å²) in [6.07, 6.45) is 3.16. The van der Waals surface area contributed by atoms with Gasteiger partial charge in [-0.05, 0) is 84.6 Å². The van der Waals surface area contributed by atoms with Crippen LogP contribution in [-0.2, 0) is 16.0 Å². The van der Waals surface area contributed by atoms with Crippen LogP contribution in [0.15, 0.2) is 77.9 Å². The second kappa shape index (κ2) is 12.7. The molecule has 0 unspecified atom stereocenters. The van der Waals surface area contributed by atoms with Crippen LogP contribution in [0.25, 0.3) is 0 Å². The van der Waals surface area contributed by atoms with E-state index in [2.05, 4.69) is 15.8 Å². The zero-order valence-electron chi connectivity index (χ0n) is 19.6. The van der Waals surface area contributed by atoms with Crippen molar-refractivity contribution in [3.63, 3.8) is 0 Å². The molecule has 0 heterocycles. The molecule has 2 N–H and O–H groups in total. The quantitative estimate of drug-likeness (QED) is 0.158. The van der Waals surface area contributed by atoms with E-state index in [9.17, 15) is 14.4 Å². The van der Waals surface area contributed by atoms with Crippen LogP contribution >= 0.6 is 0 Å². The summed E-state index contributed by atoms with van der Waals surface area (Å²) in [6, 6.07) is 20.5. The second-order valence-electron chi connectivity index (χ2n) is 7.54. The summed E-state index contributed by atoms with van der Waals surface area (Å²) in [7, 11) is 0. The number of hydrogen-bond acceptors (Lipinski definition) is 6. The Morgan fingerprint density at radius 2 is 1.49 bits per heavy atom. The number of hydrogen-bond donors (Lipinski definition) is 2. The molecule has 35 heavy (non-hydrogen) atoms. The fourth-order valence-corrected chi connectivity index (χ4v) is 2.92. The largest absolute Gasteiger partial charge is 0.494 e. The second-order valence-corrected chi connectivity index (χ2v) is 7.54. The van der Waals surface area contributed by atoms with Gasteiger partial charge in [0, 0.05) is 5.69 Å². The highest BCUT2D eigenvalue weighted by Crippen LogP contribution is 2.16. The summed E-state index contributed by atoms with van der Waals surface area (Å²) in [6.45, 7) is 4.67. The van der Waals surface area contributed by atoms with Crippen molar-refractivity contribution in [1.29, 1.82) is 0 Å². The van der Waals surface area contributed by atoms with E-state index in [0.29, 0.717) is 34.9 Å². The normalized spacial score (nSPS) is 10.6. The number of carbonyl (C=O) groups is 3. The molecular weight excluding hydrogens is 446 g/mol. The third-order valence-corrected chi connectivity index (χ3v) is 4.86. The lowest BCUT2D eigenvalue weighted by Gasteiger charge is -2.07. The van der Waals surface area contributed by atoms with Crippen molar-refractivity contribution in [2.24, 2.45) is 5.10 Å². The SMILES string of the molecule is CCCOc1ccc(C(=O)Oc2ccc(/C=N\NC(=O)C(=O)Nc3ccc(CC)cc3)cc2)cc1. The lowest BCUT2D eigenvalue weighted by molar-refractivity contribution is -0.136. The number of rotatable bonds is 9. The van der Waals surface area contributed by atoms with E-state index in [4.69, 9.17) is 9.47 Å². The van der Waals surface area contributed by atoms with Gasteiger partial charge in [-0.1, -0.05) is 26.0 Å². The molecule has 0 bridgehead atoms. The lowest BCUT2D eigenvalue weighted by atomic mass is 10.1. The van der Waals surface area contributed by atoms with Crippen molar-refractivity contribution in [2.75, 3.05) is 11.9 Å². The third kappa shape index (κ3) is 7.82. The van der Waals surface area contributed by atoms with Crippen LogP contribution in [0.2, 0.25) is 0 Å². The molecule has 2 amide bonds. The standard InChI is InChI=1S/C27H27N3O5/c1-3-17-34-23-15-9-21(10-16-23)27(33)35-24-13-7-20(8-14-24)18-28-30-26(32)25(31)29-22-11-5-19(4-2)6-12-22/h5-16,18H,3-4,17H2,1-2H3,(H,29,31)(H,30,32)/b28-18-. The Morgan fingerprint density at radius 1 is 0.829 bits per heavy atom. The lowest BCUT2D eigenvalue weighted by Crippen LogP contribution is -2.32. The molecule has 0 atom stereocenters. The molecule has 180 valence electrons. The van der Waals surface area contributed by atoms with Gasteiger partial charge in [-0.2, -0.15) is 5.10 Å². The maximum absolute atomic E-state index is 12.3. The van der Waals surface area contributed by atoms with Gasteiger partial charge in [0.05, 0.1) is 18.4 Å². The minimum atomic E-state index is -0.891. The number of hydrazone groups is 1. The summed E-state index contributed by atoms with van der Waals surface area (Å²) in [5, 5.41) is 6.31. The van der Waals surface area contributed by atoms with Gasteiger partial charge < -0.3 is 14.8 Å². The first-order chi connectivity index (χ1) is 17.0. The highest BCUT2D eigenvalue weighted by atomic mass is 16.5. The van der Waals surface area contributed by atoms with Gasteiger partial charge >= 0.3 is 17.8 Å². The van der Waals surface area contributed by atoms with Gasteiger partial charge in [-0.25, -0.2) is 10.2 Å². The van der Waals surface area contributed by atoms with Gasteiger partial charge in [0.15, 0.2) is 0 Å². The molecule has 0 saturated carbocycles. The van der Waals surface area contributed by atoms with E-state index in [1.54, 1.807) is 60.7 Å². The summed E-state index contributed by atoms with van der Waals surface area (Å²) in [4.78, 5) is 36.3. The van der Waals surface area contributed by atoms with Gasteiger partial charge in [0.25, 0.3) is 0 Å².